The summed E-state index contributed by atoms with van der Waals surface area (Å²) < 4.78 is 35.3. The molecule has 11 heteroatoms. The Hall–Kier alpha value is -2.21. The van der Waals surface area contributed by atoms with Crippen molar-refractivity contribution in [2.75, 3.05) is 51.8 Å². The number of hydrogen-bond acceptors (Lipinski definition) is 8. The van der Waals surface area contributed by atoms with Crippen molar-refractivity contribution in [2.45, 2.75) is 12.5 Å². The van der Waals surface area contributed by atoms with Gasteiger partial charge in [-0.05, 0) is 18.4 Å². The second-order valence-corrected chi connectivity index (χ2v) is 8.78. The van der Waals surface area contributed by atoms with Gasteiger partial charge in [-0.2, -0.15) is 8.42 Å². The number of benzene rings is 1. The van der Waals surface area contributed by atoms with Crippen molar-refractivity contribution in [3.63, 3.8) is 0 Å². The zero-order valence-electron chi connectivity index (χ0n) is 16.5. The molecule has 0 amide bonds. The molecule has 0 radical (unpaired) electrons. The molecule has 3 N–H and O–H groups in total. The molecule has 29 heavy (non-hydrogen) atoms. The molecule has 0 bridgehead atoms. The lowest BCUT2D eigenvalue weighted by Crippen LogP contribution is -2.48. The quantitative estimate of drug-likeness (QED) is 0.637. The molecular weight excluding hydrogens is 396 g/mol. The zero-order valence-corrected chi connectivity index (χ0v) is 17.4. The largest absolute Gasteiger partial charge is 0.493 e. The number of nitrogens with zero attached hydrogens (tertiary/aromatic N) is 4. The van der Waals surface area contributed by atoms with Gasteiger partial charge in [-0.15, -0.1) is 0 Å². The van der Waals surface area contributed by atoms with Gasteiger partial charge in [0.25, 0.3) is 10.2 Å². The van der Waals surface area contributed by atoms with E-state index in [2.05, 4.69) is 24.5 Å². The van der Waals surface area contributed by atoms with Gasteiger partial charge in [0.05, 0.1) is 19.7 Å². The number of nitrogens with two attached hydrogens (primary N) is 1. The Balaban J connectivity index is 1.43. The van der Waals surface area contributed by atoms with Crippen LogP contribution in [0, 0.1) is 5.92 Å². The second kappa shape index (κ2) is 7.90. The highest BCUT2D eigenvalue weighted by Gasteiger charge is 2.42. The Labute approximate surface area is 170 Å². The van der Waals surface area contributed by atoms with Crippen LogP contribution < -0.4 is 24.2 Å². The number of piperazine rings is 1. The maximum absolute atomic E-state index is 11.1. The number of nitrogens with one attached hydrogen (secondary N) is 1. The van der Waals surface area contributed by atoms with Crippen molar-refractivity contribution >= 4 is 26.9 Å². The van der Waals surface area contributed by atoms with Gasteiger partial charge in [0.2, 0.25) is 0 Å². The summed E-state index contributed by atoms with van der Waals surface area (Å²) in [5, 5.41) is 5.95. The summed E-state index contributed by atoms with van der Waals surface area (Å²) in [6.45, 7) is 3.88. The van der Waals surface area contributed by atoms with E-state index in [1.165, 1.54) is 0 Å². The average molecular weight is 423 g/mol. The van der Waals surface area contributed by atoms with Crippen molar-refractivity contribution in [1.29, 1.82) is 0 Å². The van der Waals surface area contributed by atoms with Crippen LogP contribution in [0.1, 0.15) is 6.42 Å². The molecule has 2 heterocycles. The number of rotatable bonds is 7. The predicted octanol–water partition coefficient (Wildman–Crippen LogP) is -0.0494. The van der Waals surface area contributed by atoms with Crippen LogP contribution in [-0.4, -0.2) is 76.3 Å². The number of fused-ring (bicyclic) bond motifs is 1. The van der Waals surface area contributed by atoms with Gasteiger partial charge >= 0.3 is 0 Å². The van der Waals surface area contributed by atoms with Crippen molar-refractivity contribution in [2.24, 2.45) is 11.1 Å². The number of methoxy groups -OCH3 is 2. The summed E-state index contributed by atoms with van der Waals surface area (Å²) in [6.07, 6.45) is 2.57. The van der Waals surface area contributed by atoms with Crippen molar-refractivity contribution in [3.05, 3.63) is 18.5 Å². The van der Waals surface area contributed by atoms with Crippen LogP contribution in [0.15, 0.2) is 18.5 Å². The molecule has 4 rings (SSSR count). The molecule has 2 fully saturated rings. The van der Waals surface area contributed by atoms with E-state index in [0.717, 1.165) is 49.3 Å². The van der Waals surface area contributed by atoms with Crippen LogP contribution in [0.2, 0.25) is 0 Å². The Kier molecular flexibility index (Phi) is 5.47. The first-order valence-electron chi connectivity index (χ1n) is 9.52. The molecule has 1 saturated carbocycles. The minimum atomic E-state index is -3.62. The topological polar surface area (TPSA) is 123 Å². The normalized spacial score (nSPS) is 22.7. The summed E-state index contributed by atoms with van der Waals surface area (Å²) in [7, 11) is -0.400. The zero-order chi connectivity index (χ0) is 20.6. The van der Waals surface area contributed by atoms with E-state index < -0.39 is 10.2 Å². The van der Waals surface area contributed by atoms with Crippen LogP contribution in [0.3, 0.4) is 0 Å². The van der Waals surface area contributed by atoms with Crippen molar-refractivity contribution in [3.8, 4) is 11.5 Å². The third-order valence-corrected chi connectivity index (χ3v) is 6.20. The first-order chi connectivity index (χ1) is 13.9. The first kappa shape index (κ1) is 20.1. The molecule has 0 spiro atoms. The van der Waals surface area contributed by atoms with E-state index in [1.54, 1.807) is 20.5 Å². The van der Waals surface area contributed by atoms with Crippen LogP contribution in [-0.2, 0) is 10.2 Å². The van der Waals surface area contributed by atoms with Gasteiger partial charge in [-0.25, -0.2) is 19.8 Å². The molecule has 1 aliphatic heterocycles. The molecule has 1 aliphatic carbocycles. The molecule has 1 aromatic carbocycles. The van der Waals surface area contributed by atoms with E-state index in [1.807, 2.05) is 12.1 Å². The van der Waals surface area contributed by atoms with E-state index in [9.17, 15) is 8.42 Å². The van der Waals surface area contributed by atoms with E-state index in [4.69, 9.17) is 14.6 Å². The fourth-order valence-electron chi connectivity index (χ4n) is 4.01. The number of ether oxygens (including phenoxy) is 2. The Morgan fingerprint density at radius 2 is 1.83 bits per heavy atom. The molecule has 10 nitrogen and oxygen atoms in total. The Morgan fingerprint density at radius 1 is 1.14 bits per heavy atom. The first-order valence-corrected chi connectivity index (χ1v) is 11.1. The highest BCUT2D eigenvalue weighted by Crippen LogP contribution is 2.37. The lowest BCUT2D eigenvalue weighted by molar-refractivity contribution is 0.237. The highest BCUT2D eigenvalue weighted by atomic mass is 32.2. The Bertz CT molecular complexity index is 993. The molecular formula is C18H26N6O4S. The molecule has 1 aromatic heterocycles. The monoisotopic (exact) mass is 422 g/mol. The number of aromatic nitrogens is 2. The minimum absolute atomic E-state index is 0.330. The van der Waals surface area contributed by atoms with E-state index in [0.29, 0.717) is 30.0 Å². The summed E-state index contributed by atoms with van der Waals surface area (Å²) in [6, 6.07) is 4.20. The van der Waals surface area contributed by atoms with Gasteiger partial charge < -0.3 is 14.4 Å². The van der Waals surface area contributed by atoms with Crippen LogP contribution in [0.25, 0.3) is 10.9 Å². The maximum atomic E-state index is 11.1. The lowest BCUT2D eigenvalue weighted by Gasteiger charge is -2.36. The van der Waals surface area contributed by atoms with E-state index >= 15 is 0 Å². The second-order valence-electron chi connectivity index (χ2n) is 7.40. The molecule has 2 unspecified atom stereocenters. The van der Waals surface area contributed by atoms with Gasteiger partial charge in [-0.1, -0.05) is 0 Å². The van der Waals surface area contributed by atoms with Crippen molar-refractivity contribution in [1.82, 2.24) is 19.6 Å². The molecule has 158 valence electrons. The SMILES string of the molecule is COc1cc2ncnc(N3CCN(C4CC4CNS(N)(=O)=O)CC3)c2cc1OC. The standard InChI is InChI=1S/C18H26N6O4S/c1-27-16-8-13-14(9-17(16)28-2)20-11-21-18(13)24-5-3-23(4-6-24)15-7-12(15)10-22-29(19,25)26/h8-9,11-12,15,22H,3-7,10H2,1-2H3,(H2,19,25,26). The summed E-state index contributed by atoms with van der Waals surface area (Å²) >= 11 is 0. The minimum Gasteiger partial charge on any atom is -0.493 e. The number of hydrogen-bond donors (Lipinski definition) is 2. The van der Waals surface area contributed by atoms with Crippen LogP contribution >= 0.6 is 0 Å². The highest BCUT2D eigenvalue weighted by molar-refractivity contribution is 7.87. The van der Waals surface area contributed by atoms with Gasteiger partial charge in [-0.3, -0.25) is 4.90 Å². The summed E-state index contributed by atoms with van der Waals surface area (Å²) in [5.74, 6) is 2.51. The fourth-order valence-corrected chi connectivity index (χ4v) is 4.45. The average Bonchev–Trinajstić information content (AvgIpc) is 3.50. The van der Waals surface area contributed by atoms with Gasteiger partial charge in [0.1, 0.15) is 12.1 Å². The smallest absolute Gasteiger partial charge is 0.274 e. The van der Waals surface area contributed by atoms with Crippen molar-refractivity contribution < 1.29 is 17.9 Å². The molecule has 1 saturated heterocycles. The molecule has 2 aromatic rings. The van der Waals surface area contributed by atoms with Crippen LogP contribution in [0.5, 0.6) is 11.5 Å². The van der Waals surface area contributed by atoms with Crippen LogP contribution in [0.4, 0.5) is 5.82 Å². The molecule has 2 atom stereocenters. The maximum Gasteiger partial charge on any atom is 0.274 e. The Morgan fingerprint density at radius 3 is 2.48 bits per heavy atom. The lowest BCUT2D eigenvalue weighted by atomic mass is 10.2. The third-order valence-electron chi connectivity index (χ3n) is 5.63. The van der Waals surface area contributed by atoms with Gasteiger partial charge in [0.15, 0.2) is 11.5 Å². The predicted molar refractivity (Wildman–Crippen MR) is 109 cm³/mol. The van der Waals surface area contributed by atoms with Gasteiger partial charge in [0, 0.05) is 50.2 Å². The molecule has 2 aliphatic rings. The fraction of sp³-hybridized carbons (Fsp3) is 0.556. The third kappa shape index (κ3) is 4.37. The summed E-state index contributed by atoms with van der Waals surface area (Å²) in [4.78, 5) is 13.6. The summed E-state index contributed by atoms with van der Waals surface area (Å²) in [5.41, 5.74) is 0.811. The number of anilines is 1. The van der Waals surface area contributed by atoms with E-state index in [-0.39, 0.29) is 0 Å².